The predicted octanol–water partition coefficient (Wildman–Crippen LogP) is 4.97. The Balaban J connectivity index is 2.41. The van der Waals surface area contributed by atoms with Crippen molar-refractivity contribution in [1.29, 1.82) is 0 Å². The van der Waals surface area contributed by atoms with Gasteiger partial charge in [0.05, 0.1) is 0 Å². The van der Waals surface area contributed by atoms with E-state index in [4.69, 9.17) is 0 Å². The number of carbonyl (C=O) groups excluding carboxylic acids is 1. The first-order valence-corrected chi connectivity index (χ1v) is 8.61. The lowest BCUT2D eigenvalue weighted by atomic mass is 9.98. The SMILES string of the molecule is CCC(=O)Nc1ccc(N(C)C)cc1-c1ccc(CC(C)C)cc1. The molecule has 1 N–H and O–H groups in total. The molecule has 0 aliphatic rings. The molecule has 0 radical (unpaired) electrons. The molecule has 3 heteroatoms. The topological polar surface area (TPSA) is 32.3 Å². The number of benzene rings is 2. The molecular formula is C21H28N2O. The first-order chi connectivity index (χ1) is 11.4. The van der Waals surface area contributed by atoms with Gasteiger partial charge in [-0.1, -0.05) is 45.0 Å². The van der Waals surface area contributed by atoms with Crippen molar-refractivity contribution < 1.29 is 4.79 Å². The number of rotatable bonds is 6. The van der Waals surface area contributed by atoms with Crippen LogP contribution in [0.5, 0.6) is 0 Å². The Bertz CT molecular complexity index is 687. The minimum Gasteiger partial charge on any atom is -0.378 e. The molecule has 24 heavy (non-hydrogen) atoms. The zero-order valence-electron chi connectivity index (χ0n) is 15.4. The summed E-state index contributed by atoms with van der Waals surface area (Å²) in [7, 11) is 4.05. The molecule has 2 rings (SSSR count). The normalized spacial score (nSPS) is 10.8. The lowest BCUT2D eigenvalue weighted by Gasteiger charge is -2.18. The van der Waals surface area contributed by atoms with Gasteiger partial charge < -0.3 is 10.2 Å². The molecule has 0 aliphatic carbocycles. The Labute approximate surface area is 145 Å². The quantitative estimate of drug-likeness (QED) is 0.814. The predicted molar refractivity (Wildman–Crippen MR) is 104 cm³/mol. The Morgan fingerprint density at radius 1 is 1.08 bits per heavy atom. The second-order valence-electron chi connectivity index (χ2n) is 6.82. The summed E-state index contributed by atoms with van der Waals surface area (Å²) in [6.07, 6.45) is 1.56. The number of hydrogen-bond acceptors (Lipinski definition) is 2. The number of nitrogens with one attached hydrogen (secondary N) is 1. The van der Waals surface area contributed by atoms with Crippen molar-refractivity contribution in [3.8, 4) is 11.1 Å². The molecule has 2 aromatic rings. The van der Waals surface area contributed by atoms with Crippen LogP contribution in [0.3, 0.4) is 0 Å². The van der Waals surface area contributed by atoms with Gasteiger partial charge in [-0.2, -0.15) is 0 Å². The van der Waals surface area contributed by atoms with Crippen LogP contribution in [0.2, 0.25) is 0 Å². The van der Waals surface area contributed by atoms with Crippen LogP contribution in [-0.4, -0.2) is 20.0 Å². The molecule has 0 spiro atoms. The highest BCUT2D eigenvalue weighted by atomic mass is 16.1. The van der Waals surface area contributed by atoms with Gasteiger partial charge in [0.25, 0.3) is 0 Å². The summed E-state index contributed by atoms with van der Waals surface area (Å²) >= 11 is 0. The molecule has 1 amide bonds. The first kappa shape index (κ1) is 18.1. The fourth-order valence-corrected chi connectivity index (χ4v) is 2.69. The highest BCUT2D eigenvalue weighted by molar-refractivity contribution is 5.96. The smallest absolute Gasteiger partial charge is 0.224 e. The van der Waals surface area contributed by atoms with Gasteiger partial charge in [0, 0.05) is 37.5 Å². The Hall–Kier alpha value is -2.29. The third kappa shape index (κ3) is 4.60. The molecule has 0 bridgehead atoms. The fraction of sp³-hybridized carbons (Fsp3) is 0.381. The van der Waals surface area contributed by atoms with E-state index >= 15 is 0 Å². The molecule has 0 unspecified atom stereocenters. The van der Waals surface area contributed by atoms with E-state index in [0.29, 0.717) is 12.3 Å². The minimum absolute atomic E-state index is 0.0327. The van der Waals surface area contributed by atoms with Crippen molar-refractivity contribution in [2.45, 2.75) is 33.6 Å². The maximum atomic E-state index is 11.8. The second kappa shape index (κ2) is 8.00. The van der Waals surface area contributed by atoms with Gasteiger partial charge in [0.2, 0.25) is 5.91 Å². The van der Waals surface area contributed by atoms with Gasteiger partial charge in [-0.05, 0) is 41.7 Å². The van der Waals surface area contributed by atoms with E-state index in [1.165, 1.54) is 5.56 Å². The van der Waals surface area contributed by atoms with Crippen molar-refractivity contribution in [1.82, 2.24) is 0 Å². The van der Waals surface area contributed by atoms with E-state index < -0.39 is 0 Å². The van der Waals surface area contributed by atoms with Gasteiger partial charge in [-0.15, -0.1) is 0 Å². The number of carbonyl (C=O) groups is 1. The Morgan fingerprint density at radius 3 is 2.29 bits per heavy atom. The summed E-state index contributed by atoms with van der Waals surface area (Å²) in [6, 6.07) is 14.8. The average Bonchev–Trinajstić information content (AvgIpc) is 2.55. The molecule has 128 valence electrons. The molecule has 3 nitrogen and oxygen atoms in total. The first-order valence-electron chi connectivity index (χ1n) is 8.61. The zero-order valence-corrected chi connectivity index (χ0v) is 15.4. The molecule has 0 aliphatic heterocycles. The van der Waals surface area contributed by atoms with Crippen LogP contribution in [-0.2, 0) is 11.2 Å². The Morgan fingerprint density at radius 2 is 1.75 bits per heavy atom. The van der Waals surface area contributed by atoms with Crippen molar-refractivity contribution in [2.75, 3.05) is 24.3 Å². The highest BCUT2D eigenvalue weighted by Crippen LogP contribution is 2.32. The summed E-state index contributed by atoms with van der Waals surface area (Å²) in [4.78, 5) is 13.9. The average molecular weight is 324 g/mol. The number of anilines is 2. The van der Waals surface area contributed by atoms with E-state index in [1.54, 1.807) is 0 Å². The molecule has 2 aromatic carbocycles. The standard InChI is InChI=1S/C21H28N2O/c1-6-21(24)22-20-12-11-18(23(4)5)14-19(20)17-9-7-16(8-10-17)13-15(2)3/h7-12,14-15H,6,13H2,1-5H3,(H,22,24). The van der Waals surface area contributed by atoms with E-state index in [9.17, 15) is 4.79 Å². The van der Waals surface area contributed by atoms with E-state index in [0.717, 1.165) is 28.9 Å². The number of hydrogen-bond donors (Lipinski definition) is 1. The number of amides is 1. The summed E-state index contributed by atoms with van der Waals surface area (Å²) in [5, 5.41) is 3.01. The van der Waals surface area contributed by atoms with Crippen LogP contribution in [0, 0.1) is 5.92 Å². The monoisotopic (exact) mass is 324 g/mol. The summed E-state index contributed by atoms with van der Waals surface area (Å²) in [6.45, 7) is 6.32. The maximum absolute atomic E-state index is 11.8. The fourth-order valence-electron chi connectivity index (χ4n) is 2.69. The molecule has 0 fully saturated rings. The largest absolute Gasteiger partial charge is 0.378 e. The van der Waals surface area contributed by atoms with Crippen molar-refractivity contribution in [3.63, 3.8) is 0 Å². The molecule has 0 saturated carbocycles. The molecule has 0 saturated heterocycles. The minimum atomic E-state index is 0.0327. The Kier molecular flexibility index (Phi) is 6.02. The van der Waals surface area contributed by atoms with Gasteiger partial charge in [0.1, 0.15) is 0 Å². The van der Waals surface area contributed by atoms with Crippen molar-refractivity contribution >= 4 is 17.3 Å². The van der Waals surface area contributed by atoms with Gasteiger partial charge >= 0.3 is 0 Å². The van der Waals surface area contributed by atoms with Crippen molar-refractivity contribution in [2.24, 2.45) is 5.92 Å². The van der Waals surface area contributed by atoms with Crippen molar-refractivity contribution in [3.05, 3.63) is 48.0 Å². The number of nitrogens with zero attached hydrogens (tertiary/aromatic N) is 1. The molecule has 0 aromatic heterocycles. The zero-order chi connectivity index (χ0) is 17.7. The van der Waals surface area contributed by atoms with E-state index in [2.05, 4.69) is 54.4 Å². The van der Waals surface area contributed by atoms with Gasteiger partial charge in [-0.25, -0.2) is 0 Å². The lowest BCUT2D eigenvalue weighted by Crippen LogP contribution is -2.12. The lowest BCUT2D eigenvalue weighted by molar-refractivity contribution is -0.115. The molecule has 0 atom stereocenters. The van der Waals surface area contributed by atoms with Crippen LogP contribution in [0.1, 0.15) is 32.8 Å². The van der Waals surface area contributed by atoms with E-state index in [1.807, 2.05) is 33.2 Å². The van der Waals surface area contributed by atoms with Crippen LogP contribution in [0.15, 0.2) is 42.5 Å². The van der Waals surface area contributed by atoms with Gasteiger partial charge in [-0.3, -0.25) is 4.79 Å². The molecule has 0 heterocycles. The molecular weight excluding hydrogens is 296 g/mol. The van der Waals surface area contributed by atoms with Crippen LogP contribution >= 0.6 is 0 Å². The second-order valence-corrected chi connectivity index (χ2v) is 6.82. The summed E-state index contributed by atoms with van der Waals surface area (Å²) < 4.78 is 0. The van der Waals surface area contributed by atoms with Gasteiger partial charge in [0.15, 0.2) is 0 Å². The maximum Gasteiger partial charge on any atom is 0.224 e. The van der Waals surface area contributed by atoms with Crippen LogP contribution in [0.4, 0.5) is 11.4 Å². The highest BCUT2D eigenvalue weighted by Gasteiger charge is 2.10. The third-order valence-electron chi connectivity index (χ3n) is 4.02. The van der Waals surface area contributed by atoms with Crippen LogP contribution < -0.4 is 10.2 Å². The van der Waals surface area contributed by atoms with Crippen LogP contribution in [0.25, 0.3) is 11.1 Å². The summed E-state index contributed by atoms with van der Waals surface area (Å²) in [5.41, 5.74) is 5.50. The summed E-state index contributed by atoms with van der Waals surface area (Å²) in [5.74, 6) is 0.678. The third-order valence-corrected chi connectivity index (χ3v) is 4.02. The van der Waals surface area contributed by atoms with E-state index in [-0.39, 0.29) is 5.91 Å².